The lowest BCUT2D eigenvalue weighted by molar-refractivity contribution is -0.128. The fourth-order valence-corrected chi connectivity index (χ4v) is 2.76. The van der Waals surface area contributed by atoms with Gasteiger partial charge in [0, 0.05) is 17.8 Å². The third-order valence-corrected chi connectivity index (χ3v) is 4.30. The van der Waals surface area contributed by atoms with Crippen molar-refractivity contribution >= 4 is 22.4 Å². The Hall–Kier alpha value is -2.10. The Morgan fingerprint density at radius 1 is 1.29 bits per heavy atom. The van der Waals surface area contributed by atoms with Gasteiger partial charge in [-0.1, -0.05) is 25.8 Å². The maximum Gasteiger partial charge on any atom is 0.141 e. The molecule has 1 aromatic carbocycles. The van der Waals surface area contributed by atoms with Crippen molar-refractivity contribution in [1.82, 2.24) is 4.98 Å². The van der Waals surface area contributed by atoms with E-state index in [0.29, 0.717) is 24.5 Å². The number of ketones is 1. The number of nitrogen functional groups attached to an aromatic ring is 1. The number of hydrogen-bond donors (Lipinski definition) is 1. The number of nitrogens with zero attached hydrogens (tertiary/aromatic N) is 1. The first kappa shape index (κ1) is 18.2. The second-order valence-electron chi connectivity index (χ2n) is 7.06. The number of benzene rings is 1. The Kier molecular flexibility index (Phi) is 5.81. The van der Waals surface area contributed by atoms with E-state index in [-0.39, 0.29) is 5.78 Å². The standard InChI is InChI=1S/C20H28N2O2/c1-5-6-7-11-18(23)20(3,4)13-24-17-10-8-9-16-19(17)15(21)12-14(2)22-16/h8-10,12H,5-7,11,13H2,1-4H3,(H2,21,22). The Balaban J connectivity index is 2.14. The number of nitrogens with two attached hydrogens (primary N) is 1. The minimum atomic E-state index is -0.511. The van der Waals surface area contributed by atoms with Gasteiger partial charge in [-0.3, -0.25) is 9.78 Å². The molecule has 0 aliphatic heterocycles. The number of ether oxygens (including phenoxy) is 1. The molecule has 2 N–H and O–H groups in total. The Labute approximate surface area is 144 Å². The summed E-state index contributed by atoms with van der Waals surface area (Å²) in [5, 5.41) is 0.817. The number of pyridine rings is 1. The predicted molar refractivity (Wildman–Crippen MR) is 99.3 cm³/mol. The summed E-state index contributed by atoms with van der Waals surface area (Å²) in [5.41, 5.74) is 7.99. The molecule has 1 aromatic heterocycles. The second-order valence-corrected chi connectivity index (χ2v) is 7.06. The molecule has 2 rings (SSSR count). The van der Waals surface area contributed by atoms with Crippen molar-refractivity contribution in [3.05, 3.63) is 30.0 Å². The molecular weight excluding hydrogens is 300 g/mol. The summed E-state index contributed by atoms with van der Waals surface area (Å²) in [6.07, 6.45) is 3.77. The second kappa shape index (κ2) is 7.65. The molecule has 0 fully saturated rings. The molecule has 0 amide bonds. The van der Waals surface area contributed by atoms with Gasteiger partial charge in [0.2, 0.25) is 0 Å². The Bertz CT molecular complexity index is 723. The summed E-state index contributed by atoms with van der Waals surface area (Å²) < 4.78 is 5.99. The van der Waals surface area contributed by atoms with Gasteiger partial charge in [-0.25, -0.2) is 0 Å². The van der Waals surface area contributed by atoms with Crippen LogP contribution in [0.15, 0.2) is 24.3 Å². The number of unbranched alkanes of at least 4 members (excludes halogenated alkanes) is 2. The highest BCUT2D eigenvalue weighted by molar-refractivity contribution is 5.95. The van der Waals surface area contributed by atoms with Gasteiger partial charge >= 0.3 is 0 Å². The normalized spacial score (nSPS) is 11.7. The average Bonchev–Trinajstić information content (AvgIpc) is 2.52. The molecule has 0 aliphatic carbocycles. The summed E-state index contributed by atoms with van der Waals surface area (Å²) in [6.45, 7) is 8.28. The van der Waals surface area contributed by atoms with Crippen LogP contribution in [0, 0.1) is 12.3 Å². The first-order valence-electron chi connectivity index (χ1n) is 8.67. The fourth-order valence-electron chi connectivity index (χ4n) is 2.76. The molecule has 4 heteroatoms. The van der Waals surface area contributed by atoms with Crippen LogP contribution in [0.3, 0.4) is 0 Å². The molecule has 0 spiro atoms. The zero-order chi connectivity index (χ0) is 17.7. The molecule has 130 valence electrons. The van der Waals surface area contributed by atoms with Crippen LogP contribution in [-0.4, -0.2) is 17.4 Å². The van der Waals surface area contributed by atoms with E-state index in [2.05, 4.69) is 11.9 Å². The van der Waals surface area contributed by atoms with Crippen LogP contribution in [-0.2, 0) is 4.79 Å². The highest BCUT2D eigenvalue weighted by Gasteiger charge is 2.28. The van der Waals surface area contributed by atoms with Gasteiger partial charge in [0.05, 0.1) is 16.3 Å². The monoisotopic (exact) mass is 328 g/mol. The molecule has 1 heterocycles. The van der Waals surface area contributed by atoms with Gasteiger partial charge in [-0.05, 0) is 45.4 Å². The van der Waals surface area contributed by atoms with Crippen molar-refractivity contribution < 1.29 is 9.53 Å². The van der Waals surface area contributed by atoms with Crippen LogP contribution in [0.2, 0.25) is 0 Å². The molecule has 4 nitrogen and oxygen atoms in total. The molecule has 0 radical (unpaired) electrons. The van der Waals surface area contributed by atoms with Crippen LogP contribution in [0.4, 0.5) is 5.69 Å². The van der Waals surface area contributed by atoms with E-state index in [1.54, 1.807) is 0 Å². The van der Waals surface area contributed by atoms with Crippen LogP contribution in [0.5, 0.6) is 5.75 Å². The van der Waals surface area contributed by atoms with E-state index >= 15 is 0 Å². The third-order valence-electron chi connectivity index (χ3n) is 4.30. The zero-order valence-corrected chi connectivity index (χ0v) is 15.2. The van der Waals surface area contributed by atoms with E-state index in [1.807, 2.05) is 45.0 Å². The van der Waals surface area contributed by atoms with E-state index in [1.165, 1.54) is 0 Å². The smallest absolute Gasteiger partial charge is 0.141 e. The molecule has 0 saturated carbocycles. The highest BCUT2D eigenvalue weighted by atomic mass is 16.5. The van der Waals surface area contributed by atoms with Gasteiger partial charge in [-0.15, -0.1) is 0 Å². The molecule has 0 aliphatic rings. The number of aryl methyl sites for hydroxylation is 1. The Morgan fingerprint density at radius 3 is 2.75 bits per heavy atom. The number of carbonyl (C=O) groups excluding carboxylic acids is 1. The third kappa shape index (κ3) is 4.25. The first-order chi connectivity index (χ1) is 11.3. The van der Waals surface area contributed by atoms with Gasteiger partial charge < -0.3 is 10.5 Å². The minimum absolute atomic E-state index is 0.248. The van der Waals surface area contributed by atoms with Crippen molar-refractivity contribution in [2.45, 2.75) is 53.4 Å². The molecular formula is C20H28N2O2. The molecule has 0 atom stereocenters. The first-order valence-corrected chi connectivity index (χ1v) is 8.67. The zero-order valence-electron chi connectivity index (χ0n) is 15.2. The fraction of sp³-hybridized carbons (Fsp3) is 0.500. The largest absolute Gasteiger partial charge is 0.492 e. The van der Waals surface area contributed by atoms with Crippen molar-refractivity contribution in [2.24, 2.45) is 5.41 Å². The van der Waals surface area contributed by atoms with Crippen molar-refractivity contribution in [2.75, 3.05) is 12.3 Å². The summed E-state index contributed by atoms with van der Waals surface area (Å²) >= 11 is 0. The minimum Gasteiger partial charge on any atom is -0.492 e. The summed E-state index contributed by atoms with van der Waals surface area (Å²) in [7, 11) is 0. The number of fused-ring (bicyclic) bond motifs is 1. The van der Waals surface area contributed by atoms with Crippen LogP contribution < -0.4 is 10.5 Å². The van der Waals surface area contributed by atoms with Crippen LogP contribution in [0.25, 0.3) is 10.9 Å². The quantitative estimate of drug-likeness (QED) is 0.715. The Morgan fingerprint density at radius 2 is 2.04 bits per heavy atom. The lowest BCUT2D eigenvalue weighted by Crippen LogP contribution is -2.31. The molecule has 24 heavy (non-hydrogen) atoms. The number of carbonyl (C=O) groups is 1. The number of rotatable bonds is 8. The highest BCUT2D eigenvalue weighted by Crippen LogP contribution is 2.32. The number of aromatic nitrogens is 1. The van der Waals surface area contributed by atoms with Crippen LogP contribution >= 0.6 is 0 Å². The number of hydrogen-bond acceptors (Lipinski definition) is 4. The van der Waals surface area contributed by atoms with Gasteiger partial charge in [0.25, 0.3) is 0 Å². The number of Topliss-reactive ketones (excluding diaryl/α,β-unsaturated/α-hetero) is 1. The average molecular weight is 328 g/mol. The van der Waals surface area contributed by atoms with E-state index < -0.39 is 5.41 Å². The SMILES string of the molecule is CCCCCC(=O)C(C)(C)COc1cccc2nc(C)cc(N)c12. The maximum absolute atomic E-state index is 12.4. The molecule has 0 saturated heterocycles. The maximum atomic E-state index is 12.4. The predicted octanol–water partition coefficient (Wildman–Crippen LogP) is 4.68. The van der Waals surface area contributed by atoms with Crippen LogP contribution in [0.1, 0.15) is 52.1 Å². The number of anilines is 1. The van der Waals surface area contributed by atoms with Gasteiger partial charge in [-0.2, -0.15) is 0 Å². The van der Waals surface area contributed by atoms with Gasteiger partial charge in [0.15, 0.2) is 0 Å². The molecule has 2 aromatic rings. The topological polar surface area (TPSA) is 65.2 Å². The lowest BCUT2D eigenvalue weighted by Gasteiger charge is -2.24. The van der Waals surface area contributed by atoms with E-state index in [9.17, 15) is 4.79 Å². The lowest BCUT2D eigenvalue weighted by atomic mass is 9.86. The van der Waals surface area contributed by atoms with Gasteiger partial charge in [0.1, 0.15) is 18.1 Å². The van der Waals surface area contributed by atoms with Crippen molar-refractivity contribution in [3.63, 3.8) is 0 Å². The molecule has 0 bridgehead atoms. The molecule has 0 unspecified atom stereocenters. The summed E-state index contributed by atoms with van der Waals surface area (Å²) in [5.74, 6) is 0.935. The summed E-state index contributed by atoms with van der Waals surface area (Å²) in [6, 6.07) is 7.55. The van der Waals surface area contributed by atoms with Crippen molar-refractivity contribution in [3.8, 4) is 5.75 Å². The summed E-state index contributed by atoms with van der Waals surface area (Å²) in [4.78, 5) is 16.9. The van der Waals surface area contributed by atoms with E-state index in [4.69, 9.17) is 10.5 Å². The van der Waals surface area contributed by atoms with Crippen molar-refractivity contribution in [1.29, 1.82) is 0 Å². The van der Waals surface area contributed by atoms with E-state index in [0.717, 1.165) is 35.9 Å².